The number of rotatable bonds is 4. The van der Waals surface area contributed by atoms with Crippen LogP contribution in [-0.4, -0.2) is 11.8 Å². The standard InChI is InChI=1S/C9H19P.2ClH.Pd/c1-2-3-8-10-9-6-4-5-7-9;;;/h9-10H,2-8H2,1H3;2*1H;/q;;;+2/p-2. The number of hydrogen-bond donors (Lipinski definition) is 0. The minimum atomic E-state index is -0.106. The molecule has 1 rings (SSSR count). The molecule has 1 aliphatic carbocycles. The first-order valence-corrected chi connectivity index (χ1v) is 10.2. The monoisotopic (exact) mass is 334 g/mol. The number of halogens is 2. The molecule has 1 fully saturated rings. The number of unbranched alkanes of at least 4 members (excludes halogenated alkanes) is 1. The van der Waals surface area contributed by atoms with Gasteiger partial charge in [-0.1, -0.05) is 26.2 Å². The molecule has 0 radical (unpaired) electrons. The Balaban J connectivity index is 0.000000424. The van der Waals surface area contributed by atoms with Gasteiger partial charge in [0.2, 0.25) is 0 Å². The van der Waals surface area contributed by atoms with Crippen LogP contribution in [0.2, 0.25) is 0 Å². The second-order valence-electron chi connectivity index (χ2n) is 3.33. The van der Waals surface area contributed by atoms with Crippen molar-refractivity contribution in [2.24, 2.45) is 0 Å². The van der Waals surface area contributed by atoms with Crippen molar-refractivity contribution in [3.8, 4) is 0 Å². The fourth-order valence-electron chi connectivity index (χ4n) is 1.61. The fourth-order valence-corrected chi connectivity index (χ4v) is 3.40. The molecule has 1 aliphatic rings. The van der Waals surface area contributed by atoms with E-state index in [9.17, 15) is 0 Å². The van der Waals surface area contributed by atoms with E-state index >= 15 is 0 Å². The molecule has 0 bridgehead atoms. The van der Waals surface area contributed by atoms with E-state index in [0.717, 1.165) is 5.66 Å². The zero-order valence-electron chi connectivity index (χ0n) is 8.10. The molecule has 0 N–H and O–H groups in total. The molecule has 0 heterocycles. The molecule has 0 aliphatic heterocycles. The topological polar surface area (TPSA) is 0 Å². The molecule has 0 aromatic carbocycles. The van der Waals surface area contributed by atoms with Gasteiger partial charge < -0.3 is 0 Å². The second kappa shape index (κ2) is 11.7. The van der Waals surface area contributed by atoms with Crippen LogP contribution in [0.15, 0.2) is 0 Å². The fraction of sp³-hybridized carbons (Fsp3) is 1.00. The molecule has 1 atom stereocenters. The van der Waals surface area contributed by atoms with Gasteiger partial charge in [0.15, 0.2) is 0 Å². The van der Waals surface area contributed by atoms with E-state index in [0.29, 0.717) is 0 Å². The van der Waals surface area contributed by atoms with Gasteiger partial charge in [-0.15, -0.1) is 8.58 Å². The first-order valence-electron chi connectivity index (χ1n) is 4.90. The predicted molar refractivity (Wildman–Crippen MR) is 62.1 cm³/mol. The molecule has 0 aromatic rings. The quantitative estimate of drug-likeness (QED) is 0.394. The van der Waals surface area contributed by atoms with Crippen LogP contribution in [0.5, 0.6) is 0 Å². The van der Waals surface area contributed by atoms with Crippen molar-refractivity contribution < 1.29 is 15.9 Å². The minimum absolute atomic E-state index is 0.106. The summed E-state index contributed by atoms with van der Waals surface area (Å²) < 4.78 is 0. The van der Waals surface area contributed by atoms with Crippen molar-refractivity contribution in [2.45, 2.75) is 51.1 Å². The zero-order valence-corrected chi connectivity index (χ0v) is 12.2. The number of hydrogen-bond acceptors (Lipinski definition) is 0. The van der Waals surface area contributed by atoms with E-state index in [1.165, 1.54) is 40.4 Å². The van der Waals surface area contributed by atoms with Crippen molar-refractivity contribution in [1.82, 2.24) is 0 Å². The third-order valence-corrected chi connectivity index (χ3v) is 4.12. The van der Waals surface area contributed by atoms with Gasteiger partial charge in [0.25, 0.3) is 0 Å². The summed E-state index contributed by atoms with van der Waals surface area (Å²) in [5.74, 6) is 0. The Hall–Kier alpha value is 1.67. The summed E-state index contributed by atoms with van der Waals surface area (Å²) in [7, 11) is 10.9. The van der Waals surface area contributed by atoms with Crippen LogP contribution in [-0.2, 0) is 15.9 Å². The van der Waals surface area contributed by atoms with Crippen LogP contribution >= 0.6 is 27.6 Å². The average molecular weight is 336 g/mol. The van der Waals surface area contributed by atoms with Gasteiger partial charge in [0.1, 0.15) is 0 Å². The van der Waals surface area contributed by atoms with Gasteiger partial charge in [0, 0.05) is 0 Å². The maximum absolute atomic E-state index is 4.81. The van der Waals surface area contributed by atoms with Gasteiger partial charge in [-0.25, -0.2) is 0 Å². The van der Waals surface area contributed by atoms with E-state index < -0.39 is 0 Å². The normalized spacial score (nSPS) is 18.1. The summed E-state index contributed by atoms with van der Waals surface area (Å²) in [6.45, 7) is 2.29. The molecule has 0 aromatic heterocycles. The molecular formula is C9H19Cl2PPd. The summed E-state index contributed by atoms with van der Waals surface area (Å²) in [5, 5.41) is 0. The van der Waals surface area contributed by atoms with E-state index in [-0.39, 0.29) is 15.9 Å². The Morgan fingerprint density at radius 1 is 1.31 bits per heavy atom. The first-order chi connectivity index (χ1) is 6.35. The third-order valence-electron chi connectivity index (χ3n) is 2.32. The van der Waals surface area contributed by atoms with Crippen LogP contribution in [0, 0.1) is 0 Å². The molecular weight excluding hydrogens is 316 g/mol. The summed E-state index contributed by atoms with van der Waals surface area (Å²) in [6.07, 6.45) is 10.5. The Morgan fingerprint density at radius 3 is 2.31 bits per heavy atom. The zero-order chi connectivity index (χ0) is 9.94. The van der Waals surface area contributed by atoms with Gasteiger partial charge in [-0.3, -0.25) is 0 Å². The first kappa shape index (κ1) is 14.7. The molecule has 1 unspecified atom stereocenters. The average Bonchev–Trinajstić information content (AvgIpc) is 2.59. The van der Waals surface area contributed by atoms with Gasteiger partial charge in [0.05, 0.1) is 0 Å². The van der Waals surface area contributed by atoms with Crippen molar-refractivity contribution in [3.05, 3.63) is 0 Å². The van der Waals surface area contributed by atoms with E-state index in [1.54, 1.807) is 12.8 Å². The summed E-state index contributed by atoms with van der Waals surface area (Å²) in [5.41, 5.74) is 1.14. The molecule has 1 saturated carbocycles. The SMILES string of the molecule is CCCCPC1CCCC1.[Cl][Pd][Cl]. The molecule has 84 valence electrons. The van der Waals surface area contributed by atoms with Crippen LogP contribution in [0.25, 0.3) is 0 Å². The molecule has 0 saturated heterocycles. The summed E-state index contributed by atoms with van der Waals surface area (Å²) >= 11 is -0.106. The Bertz CT molecular complexity index is 97.6. The Kier molecular flexibility index (Phi) is 13.3. The molecule has 0 amide bonds. The molecule has 0 spiro atoms. The third kappa shape index (κ3) is 9.96. The molecule has 4 heteroatoms. The van der Waals surface area contributed by atoms with Crippen molar-refractivity contribution in [1.29, 1.82) is 0 Å². The van der Waals surface area contributed by atoms with Crippen LogP contribution in [0.3, 0.4) is 0 Å². The molecule has 13 heavy (non-hydrogen) atoms. The van der Waals surface area contributed by atoms with Crippen LogP contribution in [0.1, 0.15) is 45.4 Å². The van der Waals surface area contributed by atoms with E-state index in [4.69, 9.17) is 19.1 Å². The maximum atomic E-state index is 4.81. The van der Waals surface area contributed by atoms with Crippen LogP contribution in [0.4, 0.5) is 0 Å². The molecule has 0 nitrogen and oxygen atoms in total. The second-order valence-corrected chi connectivity index (χ2v) is 7.42. The van der Waals surface area contributed by atoms with Crippen molar-refractivity contribution in [3.63, 3.8) is 0 Å². The van der Waals surface area contributed by atoms with Gasteiger partial charge in [-0.05, 0) is 31.1 Å². The van der Waals surface area contributed by atoms with Crippen molar-refractivity contribution in [2.75, 3.05) is 6.16 Å². The Morgan fingerprint density at radius 2 is 1.85 bits per heavy atom. The Labute approximate surface area is 100 Å². The van der Waals surface area contributed by atoms with Gasteiger partial charge in [-0.2, -0.15) is 0 Å². The van der Waals surface area contributed by atoms with E-state index in [1.807, 2.05) is 0 Å². The summed E-state index contributed by atoms with van der Waals surface area (Å²) in [6, 6.07) is 0. The van der Waals surface area contributed by atoms with E-state index in [2.05, 4.69) is 6.92 Å². The van der Waals surface area contributed by atoms with Crippen LogP contribution < -0.4 is 0 Å². The predicted octanol–water partition coefficient (Wildman–Crippen LogP) is 4.78. The van der Waals surface area contributed by atoms with Crippen molar-refractivity contribution >= 4 is 27.6 Å². The van der Waals surface area contributed by atoms with Gasteiger partial charge >= 0.3 is 35.0 Å². The summed E-state index contributed by atoms with van der Waals surface area (Å²) in [4.78, 5) is 0.